The third kappa shape index (κ3) is 6.17. The van der Waals surface area contributed by atoms with E-state index in [1.54, 1.807) is 23.4 Å². The lowest BCUT2D eigenvalue weighted by Gasteiger charge is -2.40. The Balaban J connectivity index is 1.54. The van der Waals surface area contributed by atoms with E-state index in [-0.39, 0.29) is 38.3 Å². The summed E-state index contributed by atoms with van der Waals surface area (Å²) < 4.78 is 4.63. The van der Waals surface area contributed by atoms with Crippen LogP contribution in [0.2, 0.25) is 0 Å². The molecule has 2 saturated heterocycles. The molecule has 13 heteroatoms. The van der Waals surface area contributed by atoms with Gasteiger partial charge in [0, 0.05) is 64.5 Å². The molecule has 3 amide bonds. The number of hydrogen-bond donors (Lipinski definition) is 1. The van der Waals surface area contributed by atoms with Crippen LogP contribution in [0.1, 0.15) is 19.3 Å². The number of carbonyl (C=O) groups is 5. The monoisotopic (exact) mass is 476 g/mol. The van der Waals surface area contributed by atoms with E-state index in [1.165, 1.54) is 12.0 Å². The van der Waals surface area contributed by atoms with E-state index >= 15 is 0 Å². The average molecular weight is 476 g/mol. The summed E-state index contributed by atoms with van der Waals surface area (Å²) in [6, 6.07) is 0.577. The number of nitrogens with zero attached hydrogens (tertiary/aromatic N) is 6. The maximum Gasteiger partial charge on any atom is 0.323 e. The molecule has 1 atom stereocenters. The molecule has 1 aromatic rings. The smallest absolute Gasteiger partial charge is 0.323 e. The van der Waals surface area contributed by atoms with Crippen LogP contribution >= 0.6 is 0 Å². The van der Waals surface area contributed by atoms with Crippen LogP contribution in [-0.4, -0.2) is 118 Å². The highest BCUT2D eigenvalue weighted by molar-refractivity contribution is 5.94. The van der Waals surface area contributed by atoms with Gasteiger partial charge in [0.05, 0.1) is 13.5 Å². The summed E-state index contributed by atoms with van der Waals surface area (Å²) >= 11 is 0. The van der Waals surface area contributed by atoms with Crippen LogP contribution in [-0.2, 0) is 28.7 Å². The number of anilines is 1. The number of amides is 3. The number of rotatable bonds is 8. The predicted molar refractivity (Wildman–Crippen MR) is 116 cm³/mol. The molecular formula is C21H28N6O7. The SMILES string of the molecule is COC(=O)CC1C(=O)N(CC(=O)O)CCN1C(=O)CCC(=O)N1CCN(c2ncccn2)CC1. The van der Waals surface area contributed by atoms with Crippen molar-refractivity contribution in [2.45, 2.75) is 25.3 Å². The summed E-state index contributed by atoms with van der Waals surface area (Å²) in [6.07, 6.45) is 2.78. The van der Waals surface area contributed by atoms with Crippen LogP contribution in [0, 0.1) is 0 Å². The molecular weight excluding hydrogens is 448 g/mol. The van der Waals surface area contributed by atoms with Gasteiger partial charge in [0.2, 0.25) is 23.7 Å². The van der Waals surface area contributed by atoms with Crippen molar-refractivity contribution in [3.05, 3.63) is 18.5 Å². The second-order valence-electron chi connectivity index (χ2n) is 7.95. The van der Waals surface area contributed by atoms with Crippen molar-refractivity contribution in [3.8, 4) is 0 Å². The minimum Gasteiger partial charge on any atom is -0.480 e. The topological polar surface area (TPSA) is 154 Å². The largest absolute Gasteiger partial charge is 0.480 e. The molecule has 34 heavy (non-hydrogen) atoms. The molecule has 13 nitrogen and oxygen atoms in total. The van der Waals surface area contributed by atoms with Crippen molar-refractivity contribution >= 4 is 35.6 Å². The van der Waals surface area contributed by atoms with Crippen molar-refractivity contribution in [1.29, 1.82) is 0 Å². The van der Waals surface area contributed by atoms with Crippen molar-refractivity contribution in [3.63, 3.8) is 0 Å². The molecule has 3 heterocycles. The molecule has 2 aliphatic heterocycles. The number of methoxy groups -OCH3 is 1. The average Bonchev–Trinajstić information content (AvgIpc) is 2.85. The van der Waals surface area contributed by atoms with Crippen LogP contribution < -0.4 is 4.90 Å². The molecule has 0 aliphatic carbocycles. The molecule has 1 N–H and O–H groups in total. The summed E-state index contributed by atoms with van der Waals surface area (Å²) in [7, 11) is 1.17. The molecule has 0 bridgehead atoms. The predicted octanol–water partition coefficient (Wildman–Crippen LogP) is -1.41. The van der Waals surface area contributed by atoms with Gasteiger partial charge in [0.15, 0.2) is 0 Å². The van der Waals surface area contributed by atoms with Crippen LogP contribution in [0.4, 0.5) is 5.95 Å². The van der Waals surface area contributed by atoms with Gasteiger partial charge in [-0.05, 0) is 6.07 Å². The zero-order chi connectivity index (χ0) is 24.7. The van der Waals surface area contributed by atoms with E-state index in [4.69, 9.17) is 5.11 Å². The second-order valence-corrected chi connectivity index (χ2v) is 7.95. The third-order valence-electron chi connectivity index (χ3n) is 5.84. The second kappa shape index (κ2) is 11.4. The molecule has 0 aromatic carbocycles. The number of carboxylic acid groups (broad SMARTS) is 1. The Morgan fingerprint density at radius 3 is 2.26 bits per heavy atom. The minimum atomic E-state index is -1.19. The third-order valence-corrected chi connectivity index (χ3v) is 5.84. The zero-order valence-corrected chi connectivity index (χ0v) is 19.0. The summed E-state index contributed by atoms with van der Waals surface area (Å²) in [5.74, 6) is -2.52. The van der Waals surface area contributed by atoms with Crippen LogP contribution in [0.15, 0.2) is 18.5 Å². The Hall–Kier alpha value is -3.77. The fraction of sp³-hybridized carbons (Fsp3) is 0.571. The summed E-state index contributed by atoms with van der Waals surface area (Å²) in [6.45, 7) is 1.69. The first kappa shape index (κ1) is 24.9. The van der Waals surface area contributed by atoms with E-state index < -0.39 is 36.3 Å². The highest BCUT2D eigenvalue weighted by Gasteiger charge is 2.39. The maximum absolute atomic E-state index is 12.9. The number of aliphatic carboxylic acids is 1. The fourth-order valence-electron chi connectivity index (χ4n) is 4.02. The first-order valence-electron chi connectivity index (χ1n) is 11.0. The molecule has 184 valence electrons. The Morgan fingerprint density at radius 1 is 1.00 bits per heavy atom. The van der Waals surface area contributed by atoms with Crippen molar-refractivity contribution < 1.29 is 33.8 Å². The molecule has 0 spiro atoms. The summed E-state index contributed by atoms with van der Waals surface area (Å²) in [5, 5.41) is 9.01. The molecule has 0 radical (unpaired) electrons. The van der Waals surface area contributed by atoms with Gasteiger partial charge in [0.1, 0.15) is 12.6 Å². The molecule has 2 aliphatic rings. The summed E-state index contributed by atoms with van der Waals surface area (Å²) in [5.41, 5.74) is 0. The van der Waals surface area contributed by atoms with E-state index in [0.717, 1.165) is 4.90 Å². The minimum absolute atomic E-state index is 0.0326. The van der Waals surface area contributed by atoms with Gasteiger partial charge in [-0.1, -0.05) is 0 Å². The first-order chi connectivity index (χ1) is 16.3. The number of carboxylic acids is 1. The van der Waals surface area contributed by atoms with Crippen LogP contribution in [0.25, 0.3) is 0 Å². The summed E-state index contributed by atoms with van der Waals surface area (Å²) in [4.78, 5) is 75.5. The van der Waals surface area contributed by atoms with E-state index in [1.807, 2.05) is 4.90 Å². The lowest BCUT2D eigenvalue weighted by atomic mass is 10.1. The Morgan fingerprint density at radius 2 is 1.65 bits per heavy atom. The lowest BCUT2D eigenvalue weighted by Crippen LogP contribution is -2.60. The van der Waals surface area contributed by atoms with Crippen molar-refractivity contribution in [1.82, 2.24) is 24.7 Å². The number of ether oxygens (including phenoxy) is 1. The van der Waals surface area contributed by atoms with Gasteiger partial charge < -0.3 is 29.4 Å². The van der Waals surface area contributed by atoms with Gasteiger partial charge >= 0.3 is 11.9 Å². The first-order valence-corrected chi connectivity index (χ1v) is 11.0. The number of aromatic nitrogens is 2. The number of carbonyl (C=O) groups excluding carboxylic acids is 4. The number of esters is 1. The van der Waals surface area contributed by atoms with Gasteiger partial charge in [-0.15, -0.1) is 0 Å². The Labute approximate surface area is 196 Å². The highest BCUT2D eigenvalue weighted by Crippen LogP contribution is 2.18. The quantitative estimate of drug-likeness (QED) is 0.443. The number of hydrogen-bond acceptors (Lipinski definition) is 9. The highest BCUT2D eigenvalue weighted by atomic mass is 16.5. The molecule has 3 rings (SSSR count). The molecule has 1 aromatic heterocycles. The Kier molecular flexibility index (Phi) is 8.33. The van der Waals surface area contributed by atoms with Crippen molar-refractivity contribution in [2.24, 2.45) is 0 Å². The van der Waals surface area contributed by atoms with E-state index in [9.17, 15) is 24.0 Å². The molecule has 1 unspecified atom stereocenters. The van der Waals surface area contributed by atoms with Gasteiger partial charge in [-0.2, -0.15) is 0 Å². The standard InChI is InChI=1S/C21H28N6O7/c1-34-19(32)13-15-20(33)26(14-18(30)31)11-12-27(15)17(29)4-3-16(28)24-7-9-25(10-8-24)21-22-5-2-6-23-21/h2,5-6,15H,3-4,7-14H2,1H3,(H,30,31). The normalized spacial score (nSPS) is 18.6. The van der Waals surface area contributed by atoms with E-state index in [2.05, 4.69) is 14.7 Å². The van der Waals surface area contributed by atoms with Crippen molar-refractivity contribution in [2.75, 3.05) is 57.8 Å². The van der Waals surface area contributed by atoms with Crippen LogP contribution in [0.5, 0.6) is 0 Å². The number of piperazine rings is 2. The maximum atomic E-state index is 12.9. The zero-order valence-electron chi connectivity index (χ0n) is 19.0. The lowest BCUT2D eigenvalue weighted by molar-refractivity contribution is -0.159. The van der Waals surface area contributed by atoms with Gasteiger partial charge in [-0.25, -0.2) is 9.97 Å². The fourth-order valence-corrected chi connectivity index (χ4v) is 4.02. The van der Waals surface area contributed by atoms with E-state index in [0.29, 0.717) is 32.1 Å². The molecule has 2 fully saturated rings. The molecule has 0 saturated carbocycles. The Bertz CT molecular complexity index is 919. The van der Waals surface area contributed by atoms with Gasteiger partial charge in [0.25, 0.3) is 0 Å². The van der Waals surface area contributed by atoms with Crippen LogP contribution in [0.3, 0.4) is 0 Å². The van der Waals surface area contributed by atoms with Gasteiger partial charge in [-0.3, -0.25) is 24.0 Å².